The van der Waals surface area contributed by atoms with Crippen molar-refractivity contribution in [1.29, 1.82) is 0 Å². The summed E-state index contributed by atoms with van der Waals surface area (Å²) in [5.74, 6) is 2.07. The molecule has 4 N–H and O–H groups in total. The molecule has 40 heavy (non-hydrogen) atoms. The first-order valence-corrected chi connectivity index (χ1v) is 15.2. The second-order valence-electron chi connectivity index (χ2n) is 13.3. The summed E-state index contributed by atoms with van der Waals surface area (Å²) in [4.78, 5) is 47.1. The van der Waals surface area contributed by atoms with Gasteiger partial charge in [0.2, 0.25) is 5.91 Å². The van der Waals surface area contributed by atoms with Crippen LogP contribution in [0.5, 0.6) is 0 Å². The number of urea groups is 2. The minimum atomic E-state index is -0.698. The van der Waals surface area contributed by atoms with Crippen molar-refractivity contribution in [2.75, 3.05) is 19.6 Å². The summed E-state index contributed by atoms with van der Waals surface area (Å²) in [6.07, 6.45) is 9.46. The molecule has 9 nitrogen and oxygen atoms in total. The Morgan fingerprint density at radius 2 is 1.68 bits per heavy atom. The molecule has 2 unspecified atom stereocenters. The number of hydrogen-bond acceptors (Lipinski definition) is 3. The van der Waals surface area contributed by atoms with E-state index in [0.717, 1.165) is 53.5 Å². The van der Waals surface area contributed by atoms with E-state index in [4.69, 9.17) is 0 Å². The van der Waals surface area contributed by atoms with Gasteiger partial charge < -0.3 is 30.7 Å². The molecule has 4 bridgehead atoms. The van der Waals surface area contributed by atoms with Gasteiger partial charge in [-0.25, -0.2) is 9.59 Å². The van der Waals surface area contributed by atoms with Crippen LogP contribution in [0.2, 0.25) is 0 Å². The standard InChI is InChI=1S/C31H44N6O3/c1-19(2)33-30(40)37-9-8-36(18-20(37)3)28(38)27(13-24-17-32-26-7-5-4-6-25(24)26)34-29(39)35-31-14-21-10-22(15-31)12-23(11-21)16-31/h4-7,17,19-23,27,32H,8-16,18H2,1-3H3,(H,33,40)(H2,34,35,39). The lowest BCUT2D eigenvalue weighted by Crippen LogP contribution is -2.64. The smallest absolute Gasteiger partial charge is 0.317 e. The van der Waals surface area contributed by atoms with E-state index in [1.165, 1.54) is 19.3 Å². The number of amides is 5. The third kappa shape index (κ3) is 5.39. The van der Waals surface area contributed by atoms with Gasteiger partial charge in [-0.2, -0.15) is 0 Å². The number of nitrogens with one attached hydrogen (secondary N) is 4. The molecule has 2 atom stereocenters. The van der Waals surface area contributed by atoms with Crippen molar-refractivity contribution in [3.8, 4) is 0 Å². The number of rotatable bonds is 6. The second-order valence-corrected chi connectivity index (χ2v) is 13.3. The highest BCUT2D eigenvalue weighted by molar-refractivity contribution is 5.89. The molecule has 2 heterocycles. The van der Waals surface area contributed by atoms with Crippen LogP contribution >= 0.6 is 0 Å². The summed E-state index contributed by atoms with van der Waals surface area (Å²) in [6.45, 7) is 7.20. The van der Waals surface area contributed by atoms with E-state index in [0.29, 0.717) is 26.1 Å². The SMILES string of the molecule is CC(C)NC(=O)N1CCN(C(=O)C(Cc2c[nH]c3ccccc23)NC(=O)NC23CC4CC(CC(C4)C2)C3)CC1C. The van der Waals surface area contributed by atoms with Crippen LogP contribution in [-0.2, 0) is 11.2 Å². The molecule has 0 spiro atoms. The maximum Gasteiger partial charge on any atom is 0.317 e. The highest BCUT2D eigenvalue weighted by Crippen LogP contribution is 2.55. The Kier molecular flexibility index (Phi) is 7.17. The normalized spacial score (nSPS) is 30.0. The summed E-state index contributed by atoms with van der Waals surface area (Å²) < 4.78 is 0. The van der Waals surface area contributed by atoms with Crippen LogP contribution in [0.15, 0.2) is 30.5 Å². The number of aromatic nitrogens is 1. The molecule has 1 aromatic heterocycles. The van der Waals surface area contributed by atoms with E-state index in [1.54, 1.807) is 4.90 Å². The van der Waals surface area contributed by atoms with Gasteiger partial charge in [0.15, 0.2) is 0 Å². The van der Waals surface area contributed by atoms with E-state index in [2.05, 4.69) is 20.9 Å². The van der Waals surface area contributed by atoms with Gasteiger partial charge in [0.05, 0.1) is 0 Å². The van der Waals surface area contributed by atoms with Crippen LogP contribution in [0.1, 0.15) is 64.9 Å². The highest BCUT2D eigenvalue weighted by Gasteiger charge is 2.51. The Morgan fingerprint density at radius 3 is 2.33 bits per heavy atom. The fourth-order valence-electron chi connectivity index (χ4n) is 8.43. The minimum absolute atomic E-state index is 0.0524. The van der Waals surface area contributed by atoms with Crippen molar-refractivity contribution in [2.24, 2.45) is 17.8 Å². The third-order valence-corrected chi connectivity index (χ3v) is 9.73. The maximum absolute atomic E-state index is 14.0. The monoisotopic (exact) mass is 548 g/mol. The van der Waals surface area contributed by atoms with Gasteiger partial charge in [0, 0.05) is 60.8 Å². The number of piperazine rings is 1. The number of carbonyl (C=O) groups excluding carboxylic acids is 3. The van der Waals surface area contributed by atoms with Crippen molar-refractivity contribution in [2.45, 2.75) is 89.4 Å². The van der Waals surface area contributed by atoms with Gasteiger partial charge in [-0.15, -0.1) is 0 Å². The zero-order chi connectivity index (χ0) is 28.0. The summed E-state index contributed by atoms with van der Waals surface area (Å²) in [6, 6.07) is 6.95. The number of benzene rings is 1. The van der Waals surface area contributed by atoms with Gasteiger partial charge in [0.25, 0.3) is 0 Å². The molecule has 4 aliphatic carbocycles. The molecule has 4 saturated carbocycles. The predicted molar refractivity (Wildman–Crippen MR) is 155 cm³/mol. The lowest BCUT2D eigenvalue weighted by Gasteiger charge is -2.56. The Balaban J connectivity index is 1.18. The zero-order valence-electron chi connectivity index (χ0n) is 24.0. The summed E-state index contributed by atoms with van der Waals surface area (Å²) >= 11 is 0. The topological polar surface area (TPSA) is 110 Å². The first-order valence-electron chi connectivity index (χ1n) is 15.2. The van der Waals surface area contributed by atoms with E-state index in [9.17, 15) is 14.4 Å². The number of H-pyrrole nitrogens is 1. The molecule has 1 saturated heterocycles. The van der Waals surface area contributed by atoms with Crippen LogP contribution in [0.25, 0.3) is 10.9 Å². The molecular weight excluding hydrogens is 504 g/mol. The lowest BCUT2D eigenvalue weighted by molar-refractivity contribution is -0.135. The summed E-state index contributed by atoms with van der Waals surface area (Å²) in [5.41, 5.74) is 1.89. The Labute approximate surface area is 236 Å². The number of para-hydroxylation sites is 1. The molecule has 7 rings (SSSR count). The molecule has 2 aromatic rings. The Hall–Kier alpha value is -3.23. The van der Waals surface area contributed by atoms with Crippen LogP contribution in [0, 0.1) is 17.8 Å². The predicted octanol–water partition coefficient (Wildman–Crippen LogP) is 4.00. The molecular formula is C31H44N6O3. The molecule has 5 aliphatic rings. The molecule has 9 heteroatoms. The van der Waals surface area contributed by atoms with Gasteiger partial charge in [-0.05, 0) is 88.7 Å². The van der Waals surface area contributed by atoms with Crippen molar-refractivity contribution in [1.82, 2.24) is 30.7 Å². The lowest BCUT2D eigenvalue weighted by atomic mass is 9.53. The van der Waals surface area contributed by atoms with Crippen molar-refractivity contribution < 1.29 is 14.4 Å². The van der Waals surface area contributed by atoms with E-state index < -0.39 is 6.04 Å². The number of aromatic amines is 1. The second kappa shape index (κ2) is 10.6. The van der Waals surface area contributed by atoms with Gasteiger partial charge in [0.1, 0.15) is 6.04 Å². The van der Waals surface area contributed by atoms with Crippen LogP contribution < -0.4 is 16.0 Å². The number of fused-ring (bicyclic) bond motifs is 1. The van der Waals surface area contributed by atoms with Gasteiger partial charge in [-0.3, -0.25) is 4.79 Å². The first kappa shape index (κ1) is 27.0. The number of hydrogen-bond donors (Lipinski definition) is 4. The maximum atomic E-state index is 14.0. The molecule has 0 radical (unpaired) electrons. The molecule has 216 valence electrons. The number of nitrogens with zero attached hydrogens (tertiary/aromatic N) is 2. The molecule has 1 aliphatic heterocycles. The van der Waals surface area contributed by atoms with E-state index in [1.807, 2.05) is 56.1 Å². The quantitative estimate of drug-likeness (QED) is 0.438. The van der Waals surface area contributed by atoms with Gasteiger partial charge in [-0.1, -0.05) is 18.2 Å². The van der Waals surface area contributed by atoms with Gasteiger partial charge >= 0.3 is 12.1 Å². The van der Waals surface area contributed by atoms with E-state index in [-0.39, 0.29) is 35.6 Å². The summed E-state index contributed by atoms with van der Waals surface area (Å²) in [5, 5.41) is 10.5. The average Bonchev–Trinajstić information content (AvgIpc) is 3.29. The fraction of sp³-hybridized carbons (Fsp3) is 0.645. The van der Waals surface area contributed by atoms with Crippen LogP contribution in [0.3, 0.4) is 0 Å². The third-order valence-electron chi connectivity index (χ3n) is 9.73. The molecule has 5 fully saturated rings. The Bertz CT molecular complexity index is 1240. The zero-order valence-corrected chi connectivity index (χ0v) is 24.0. The van der Waals surface area contributed by atoms with Crippen LogP contribution in [0.4, 0.5) is 9.59 Å². The number of carbonyl (C=O) groups is 3. The molecule has 5 amide bonds. The fourth-order valence-corrected chi connectivity index (χ4v) is 8.43. The van der Waals surface area contributed by atoms with Crippen molar-refractivity contribution in [3.63, 3.8) is 0 Å². The Morgan fingerprint density at radius 1 is 1.00 bits per heavy atom. The van der Waals surface area contributed by atoms with Crippen molar-refractivity contribution in [3.05, 3.63) is 36.0 Å². The summed E-state index contributed by atoms with van der Waals surface area (Å²) in [7, 11) is 0. The van der Waals surface area contributed by atoms with Crippen LogP contribution in [-0.4, -0.2) is 76.1 Å². The molecule has 1 aromatic carbocycles. The highest BCUT2D eigenvalue weighted by atomic mass is 16.2. The minimum Gasteiger partial charge on any atom is -0.361 e. The first-order chi connectivity index (χ1) is 19.2. The van der Waals surface area contributed by atoms with Crippen molar-refractivity contribution >= 4 is 28.9 Å². The van der Waals surface area contributed by atoms with E-state index >= 15 is 0 Å². The largest absolute Gasteiger partial charge is 0.361 e. The average molecular weight is 549 g/mol.